The summed E-state index contributed by atoms with van der Waals surface area (Å²) in [5.74, 6) is 1.64. The minimum absolute atomic E-state index is 0.113. The highest BCUT2D eigenvalue weighted by Crippen LogP contribution is 2.42. The lowest BCUT2D eigenvalue weighted by Gasteiger charge is -2.39. The average molecular weight is 383 g/mol. The zero-order valence-corrected chi connectivity index (χ0v) is 16.9. The van der Waals surface area contributed by atoms with Crippen LogP contribution in [0.2, 0.25) is 0 Å². The van der Waals surface area contributed by atoms with E-state index in [-0.39, 0.29) is 12.1 Å². The monoisotopic (exact) mass is 382 g/mol. The Labute approximate surface area is 164 Å². The zero-order chi connectivity index (χ0) is 19.0. The molecule has 1 aromatic carbocycles. The van der Waals surface area contributed by atoms with Crippen molar-refractivity contribution >= 4 is 27.4 Å². The maximum Gasteiger partial charge on any atom is 0.163 e. The molecule has 0 atom stereocenters. The number of likely N-dealkylation sites (N-methyl/N-ethyl adjacent to an activating group) is 1. The maximum atomic E-state index is 9.16. The van der Waals surface area contributed by atoms with Gasteiger partial charge < -0.3 is 10.4 Å². The Bertz CT molecular complexity index is 952. The van der Waals surface area contributed by atoms with Crippen molar-refractivity contribution in [1.29, 1.82) is 0 Å². The van der Waals surface area contributed by atoms with E-state index in [9.17, 15) is 0 Å². The molecule has 5 nitrogen and oxygen atoms in total. The van der Waals surface area contributed by atoms with Gasteiger partial charge in [-0.15, -0.1) is 11.3 Å². The lowest BCUT2D eigenvalue weighted by Crippen LogP contribution is -2.45. The molecule has 27 heavy (non-hydrogen) atoms. The number of nitrogens with one attached hydrogen (secondary N) is 1. The molecule has 2 aromatic heterocycles. The summed E-state index contributed by atoms with van der Waals surface area (Å²) in [6, 6.07) is 10.1. The standard InChI is InChI=1S/C21H26N4OS/c1-21(2)12-15-16(13-25(21)3)27-20-17(15)19(22-10-7-11-26)23-18(24-20)14-8-5-4-6-9-14/h4-6,8-9,26H,7,10-13H2,1-3H3,(H,22,23,24). The highest BCUT2D eigenvalue weighted by Gasteiger charge is 2.34. The maximum absolute atomic E-state index is 9.16. The second-order valence-corrected chi connectivity index (χ2v) is 8.88. The molecule has 0 saturated heterocycles. The van der Waals surface area contributed by atoms with E-state index in [0.29, 0.717) is 13.0 Å². The summed E-state index contributed by atoms with van der Waals surface area (Å²) in [4.78, 5) is 14.6. The fraction of sp³-hybridized carbons (Fsp3) is 0.429. The first-order valence-corrected chi connectivity index (χ1v) is 10.2. The number of aliphatic hydroxyl groups excluding tert-OH is 1. The second-order valence-electron chi connectivity index (χ2n) is 7.80. The summed E-state index contributed by atoms with van der Waals surface area (Å²) in [7, 11) is 2.19. The molecule has 3 heterocycles. The largest absolute Gasteiger partial charge is 0.396 e. The third-order valence-corrected chi connectivity index (χ3v) is 6.53. The summed E-state index contributed by atoms with van der Waals surface area (Å²) in [6.07, 6.45) is 1.69. The smallest absolute Gasteiger partial charge is 0.163 e. The molecule has 1 aliphatic heterocycles. The van der Waals surface area contributed by atoms with E-state index >= 15 is 0 Å². The van der Waals surface area contributed by atoms with E-state index in [0.717, 1.165) is 40.4 Å². The Morgan fingerprint density at radius 3 is 2.74 bits per heavy atom. The highest BCUT2D eigenvalue weighted by atomic mass is 32.1. The van der Waals surface area contributed by atoms with Crippen LogP contribution >= 0.6 is 11.3 Å². The number of aromatic nitrogens is 2. The highest BCUT2D eigenvalue weighted by molar-refractivity contribution is 7.19. The molecule has 0 unspecified atom stereocenters. The molecule has 0 aliphatic carbocycles. The van der Waals surface area contributed by atoms with Gasteiger partial charge >= 0.3 is 0 Å². The van der Waals surface area contributed by atoms with Crippen LogP contribution in [0.5, 0.6) is 0 Å². The second kappa shape index (κ2) is 7.19. The van der Waals surface area contributed by atoms with Gasteiger partial charge in [0.05, 0.1) is 5.39 Å². The van der Waals surface area contributed by atoms with Gasteiger partial charge in [-0.25, -0.2) is 9.97 Å². The first-order valence-electron chi connectivity index (χ1n) is 9.43. The van der Waals surface area contributed by atoms with E-state index in [4.69, 9.17) is 15.1 Å². The fourth-order valence-electron chi connectivity index (χ4n) is 3.55. The van der Waals surface area contributed by atoms with Crippen LogP contribution in [0.25, 0.3) is 21.6 Å². The van der Waals surface area contributed by atoms with Crippen molar-refractivity contribution in [3.63, 3.8) is 0 Å². The Morgan fingerprint density at radius 1 is 1.22 bits per heavy atom. The third-order valence-electron chi connectivity index (χ3n) is 5.42. The number of nitrogens with zero attached hydrogens (tertiary/aromatic N) is 3. The van der Waals surface area contributed by atoms with E-state index in [2.05, 4.69) is 31.1 Å². The lowest BCUT2D eigenvalue weighted by molar-refractivity contribution is 0.136. The first kappa shape index (κ1) is 18.3. The van der Waals surface area contributed by atoms with Crippen molar-refractivity contribution in [3.8, 4) is 11.4 Å². The number of benzene rings is 1. The minimum Gasteiger partial charge on any atom is -0.396 e. The van der Waals surface area contributed by atoms with Crippen LogP contribution in [0.4, 0.5) is 5.82 Å². The molecule has 4 rings (SSSR count). The molecule has 142 valence electrons. The van der Waals surface area contributed by atoms with Crippen LogP contribution in [-0.4, -0.2) is 45.7 Å². The van der Waals surface area contributed by atoms with Crippen LogP contribution in [0, 0.1) is 0 Å². The summed E-state index contributed by atoms with van der Waals surface area (Å²) in [5, 5.41) is 13.8. The molecule has 0 amide bonds. The van der Waals surface area contributed by atoms with Crippen molar-refractivity contribution in [1.82, 2.24) is 14.9 Å². The van der Waals surface area contributed by atoms with Gasteiger partial charge in [-0.05, 0) is 39.3 Å². The number of hydrogen-bond donors (Lipinski definition) is 2. The molecule has 0 bridgehead atoms. The predicted molar refractivity (Wildman–Crippen MR) is 112 cm³/mol. The molecule has 0 fully saturated rings. The summed E-state index contributed by atoms with van der Waals surface area (Å²) in [5.41, 5.74) is 2.51. The molecule has 0 radical (unpaired) electrons. The first-order chi connectivity index (χ1) is 13.0. The Kier molecular flexibility index (Phi) is 4.88. The van der Waals surface area contributed by atoms with Gasteiger partial charge in [-0.1, -0.05) is 30.3 Å². The van der Waals surface area contributed by atoms with Crippen molar-refractivity contribution < 1.29 is 5.11 Å². The van der Waals surface area contributed by atoms with E-state index in [1.54, 1.807) is 11.3 Å². The van der Waals surface area contributed by atoms with Gasteiger partial charge in [0.25, 0.3) is 0 Å². The summed E-state index contributed by atoms with van der Waals surface area (Å²) >= 11 is 1.78. The quantitative estimate of drug-likeness (QED) is 0.655. The van der Waals surface area contributed by atoms with Gasteiger partial charge in [0.1, 0.15) is 10.6 Å². The fourth-order valence-corrected chi connectivity index (χ4v) is 4.79. The number of rotatable bonds is 5. The van der Waals surface area contributed by atoms with Crippen molar-refractivity contribution in [3.05, 3.63) is 40.8 Å². The number of fused-ring (bicyclic) bond motifs is 3. The molecular formula is C21H26N4OS. The van der Waals surface area contributed by atoms with Crippen LogP contribution in [-0.2, 0) is 13.0 Å². The Balaban J connectivity index is 1.86. The predicted octanol–water partition coefficient (Wildman–Crippen LogP) is 3.92. The Morgan fingerprint density at radius 2 is 2.00 bits per heavy atom. The van der Waals surface area contributed by atoms with E-state index in [1.807, 2.05) is 30.3 Å². The topological polar surface area (TPSA) is 61.3 Å². The molecular weight excluding hydrogens is 356 g/mol. The molecule has 1 aliphatic rings. The average Bonchev–Trinajstić information content (AvgIpc) is 2.99. The number of anilines is 1. The molecule has 6 heteroatoms. The minimum atomic E-state index is 0.113. The number of aliphatic hydroxyl groups is 1. The van der Waals surface area contributed by atoms with Crippen LogP contribution in [0.15, 0.2) is 30.3 Å². The molecule has 0 saturated carbocycles. The van der Waals surface area contributed by atoms with Gasteiger partial charge in [0.2, 0.25) is 0 Å². The number of hydrogen-bond acceptors (Lipinski definition) is 6. The molecule has 0 spiro atoms. The summed E-state index contributed by atoms with van der Waals surface area (Å²) in [6.45, 7) is 6.40. The van der Waals surface area contributed by atoms with E-state index < -0.39 is 0 Å². The van der Waals surface area contributed by atoms with Crippen LogP contribution < -0.4 is 5.32 Å². The van der Waals surface area contributed by atoms with Crippen LogP contribution in [0.3, 0.4) is 0 Å². The summed E-state index contributed by atoms with van der Waals surface area (Å²) < 4.78 is 0. The van der Waals surface area contributed by atoms with Crippen LogP contribution in [0.1, 0.15) is 30.7 Å². The van der Waals surface area contributed by atoms with Gasteiger partial charge in [0.15, 0.2) is 5.82 Å². The van der Waals surface area contributed by atoms with Gasteiger partial charge in [0, 0.05) is 35.7 Å². The molecule has 2 N–H and O–H groups in total. The lowest BCUT2D eigenvalue weighted by atomic mass is 9.88. The van der Waals surface area contributed by atoms with Crippen molar-refractivity contribution in [2.45, 2.75) is 38.8 Å². The SMILES string of the molecule is CN1Cc2sc3nc(-c4ccccc4)nc(NCCCO)c3c2CC1(C)C. The van der Waals surface area contributed by atoms with Crippen molar-refractivity contribution in [2.75, 3.05) is 25.5 Å². The normalized spacial score (nSPS) is 16.4. The van der Waals surface area contributed by atoms with Gasteiger partial charge in [-0.2, -0.15) is 0 Å². The third kappa shape index (κ3) is 3.45. The Hall–Kier alpha value is -2.02. The molecule has 3 aromatic rings. The van der Waals surface area contributed by atoms with E-state index in [1.165, 1.54) is 10.4 Å². The van der Waals surface area contributed by atoms with Gasteiger partial charge in [-0.3, -0.25) is 4.90 Å². The zero-order valence-electron chi connectivity index (χ0n) is 16.1. The number of thiophene rings is 1. The van der Waals surface area contributed by atoms with Crippen molar-refractivity contribution in [2.24, 2.45) is 0 Å².